The zero-order valence-electron chi connectivity index (χ0n) is 16.8. The van der Waals surface area contributed by atoms with E-state index in [-0.39, 0.29) is 30.5 Å². The second-order valence-electron chi connectivity index (χ2n) is 7.43. The third-order valence-corrected chi connectivity index (χ3v) is 5.62. The SMILES string of the molecule is COc1ccc(N2CC(C(=O)N3CCCc4cc(F)cc(F)c43)CC2=O)c(OC)c1. The molecule has 2 heterocycles. The second kappa shape index (κ2) is 7.93. The smallest absolute Gasteiger partial charge is 0.232 e. The van der Waals surface area contributed by atoms with Crippen molar-refractivity contribution < 1.29 is 27.8 Å². The van der Waals surface area contributed by atoms with Gasteiger partial charge in [-0.05, 0) is 36.6 Å². The number of carbonyl (C=O) groups is 2. The van der Waals surface area contributed by atoms with Crippen LogP contribution in [0.3, 0.4) is 0 Å². The Kier molecular flexibility index (Phi) is 5.32. The van der Waals surface area contributed by atoms with Crippen molar-refractivity contribution in [1.29, 1.82) is 0 Å². The summed E-state index contributed by atoms with van der Waals surface area (Å²) in [7, 11) is 3.03. The summed E-state index contributed by atoms with van der Waals surface area (Å²) in [6.07, 6.45) is 1.13. The molecule has 8 heteroatoms. The van der Waals surface area contributed by atoms with Gasteiger partial charge < -0.3 is 19.3 Å². The summed E-state index contributed by atoms with van der Waals surface area (Å²) >= 11 is 0. The average molecular weight is 416 g/mol. The Balaban J connectivity index is 1.60. The molecule has 2 aliphatic rings. The minimum Gasteiger partial charge on any atom is -0.497 e. The van der Waals surface area contributed by atoms with E-state index in [1.165, 1.54) is 30.1 Å². The summed E-state index contributed by atoms with van der Waals surface area (Å²) in [6, 6.07) is 7.15. The van der Waals surface area contributed by atoms with Crippen LogP contribution in [0.1, 0.15) is 18.4 Å². The number of nitrogens with zero attached hydrogens (tertiary/aromatic N) is 2. The van der Waals surface area contributed by atoms with Crippen LogP contribution in [0, 0.1) is 17.6 Å². The number of benzene rings is 2. The number of aryl methyl sites for hydroxylation is 1. The van der Waals surface area contributed by atoms with E-state index < -0.39 is 17.6 Å². The number of methoxy groups -OCH3 is 2. The molecule has 6 nitrogen and oxygen atoms in total. The molecule has 0 N–H and O–H groups in total. The Bertz CT molecular complexity index is 1010. The van der Waals surface area contributed by atoms with Gasteiger partial charge in [0, 0.05) is 31.6 Å². The van der Waals surface area contributed by atoms with Crippen molar-refractivity contribution in [3.63, 3.8) is 0 Å². The molecule has 0 bridgehead atoms. The molecular formula is C22H22F2N2O4. The Morgan fingerprint density at radius 3 is 2.67 bits per heavy atom. The molecule has 2 aromatic carbocycles. The Morgan fingerprint density at radius 2 is 1.93 bits per heavy atom. The summed E-state index contributed by atoms with van der Waals surface area (Å²) < 4.78 is 38.6. The molecule has 1 saturated heterocycles. The van der Waals surface area contributed by atoms with E-state index in [1.807, 2.05) is 0 Å². The lowest BCUT2D eigenvalue weighted by atomic mass is 9.98. The van der Waals surface area contributed by atoms with Gasteiger partial charge in [0.25, 0.3) is 0 Å². The fourth-order valence-electron chi connectivity index (χ4n) is 4.21. The highest BCUT2D eigenvalue weighted by Gasteiger charge is 2.40. The van der Waals surface area contributed by atoms with Gasteiger partial charge in [0.05, 0.1) is 31.5 Å². The summed E-state index contributed by atoms with van der Waals surface area (Å²) in [5.41, 5.74) is 1.15. The van der Waals surface area contributed by atoms with Gasteiger partial charge in [-0.2, -0.15) is 0 Å². The third kappa shape index (κ3) is 3.46. The first-order valence-corrected chi connectivity index (χ1v) is 9.74. The first kappa shape index (κ1) is 20.1. The van der Waals surface area contributed by atoms with Crippen LogP contribution in [0.5, 0.6) is 11.5 Å². The lowest BCUT2D eigenvalue weighted by Crippen LogP contribution is -2.41. The summed E-state index contributed by atoms with van der Waals surface area (Å²) in [4.78, 5) is 28.8. The Hall–Kier alpha value is -3.16. The van der Waals surface area contributed by atoms with Crippen LogP contribution in [-0.4, -0.2) is 39.1 Å². The lowest BCUT2D eigenvalue weighted by Gasteiger charge is -2.31. The predicted molar refractivity (Wildman–Crippen MR) is 107 cm³/mol. The maximum absolute atomic E-state index is 14.5. The van der Waals surface area contributed by atoms with Crippen LogP contribution >= 0.6 is 0 Å². The van der Waals surface area contributed by atoms with Gasteiger partial charge in [-0.15, -0.1) is 0 Å². The summed E-state index contributed by atoms with van der Waals surface area (Å²) in [5.74, 6) is -1.54. The van der Waals surface area contributed by atoms with Gasteiger partial charge in [-0.3, -0.25) is 9.59 Å². The minimum absolute atomic E-state index is 0.0165. The number of hydrogen-bond donors (Lipinski definition) is 0. The maximum atomic E-state index is 14.5. The van der Waals surface area contributed by atoms with Crippen LogP contribution in [0.25, 0.3) is 0 Å². The normalized spacial score (nSPS) is 18.4. The van der Waals surface area contributed by atoms with Crippen molar-refractivity contribution in [2.45, 2.75) is 19.3 Å². The van der Waals surface area contributed by atoms with Crippen molar-refractivity contribution in [3.05, 3.63) is 47.5 Å². The van der Waals surface area contributed by atoms with Gasteiger partial charge >= 0.3 is 0 Å². The molecule has 2 aromatic rings. The molecule has 0 radical (unpaired) electrons. The van der Waals surface area contributed by atoms with E-state index in [9.17, 15) is 18.4 Å². The second-order valence-corrected chi connectivity index (χ2v) is 7.43. The number of carbonyl (C=O) groups excluding carboxylic acids is 2. The van der Waals surface area contributed by atoms with E-state index in [2.05, 4.69) is 0 Å². The minimum atomic E-state index is -0.754. The standard InChI is InChI=1S/C22H22F2N2O4/c1-29-16-5-6-18(19(11-16)30-2)26-12-14(9-20(26)27)22(28)25-7-3-4-13-8-15(23)10-17(24)21(13)25/h5-6,8,10-11,14H,3-4,7,9,12H2,1-2H3. The summed E-state index contributed by atoms with van der Waals surface area (Å²) in [6.45, 7) is 0.500. The third-order valence-electron chi connectivity index (χ3n) is 5.62. The number of halogens is 2. The van der Waals surface area contributed by atoms with Gasteiger partial charge in [0.1, 0.15) is 23.1 Å². The first-order valence-electron chi connectivity index (χ1n) is 9.74. The molecule has 1 fully saturated rings. The van der Waals surface area contributed by atoms with Crippen molar-refractivity contribution in [1.82, 2.24) is 0 Å². The number of hydrogen-bond acceptors (Lipinski definition) is 4. The van der Waals surface area contributed by atoms with Crippen molar-refractivity contribution in [2.24, 2.45) is 5.92 Å². The largest absolute Gasteiger partial charge is 0.497 e. The molecule has 0 saturated carbocycles. The zero-order chi connectivity index (χ0) is 21.4. The van der Waals surface area contributed by atoms with Crippen LogP contribution in [0.4, 0.5) is 20.2 Å². The van der Waals surface area contributed by atoms with Crippen molar-refractivity contribution in [3.8, 4) is 11.5 Å². The highest BCUT2D eigenvalue weighted by Crippen LogP contribution is 2.38. The Labute approximate surface area is 173 Å². The van der Waals surface area contributed by atoms with E-state index in [1.54, 1.807) is 18.2 Å². The molecular weight excluding hydrogens is 394 g/mol. The van der Waals surface area contributed by atoms with E-state index in [0.717, 1.165) is 6.07 Å². The quantitative estimate of drug-likeness (QED) is 0.767. The van der Waals surface area contributed by atoms with Gasteiger partial charge in [-0.1, -0.05) is 0 Å². The van der Waals surface area contributed by atoms with Crippen molar-refractivity contribution >= 4 is 23.2 Å². The first-order chi connectivity index (χ1) is 14.4. The van der Waals surface area contributed by atoms with E-state index >= 15 is 0 Å². The molecule has 0 spiro atoms. The fourth-order valence-corrected chi connectivity index (χ4v) is 4.21. The molecule has 1 unspecified atom stereocenters. The molecule has 0 aromatic heterocycles. The highest BCUT2D eigenvalue weighted by molar-refractivity contribution is 6.05. The average Bonchev–Trinajstić information content (AvgIpc) is 3.13. The Morgan fingerprint density at radius 1 is 1.13 bits per heavy atom. The van der Waals surface area contributed by atoms with Crippen LogP contribution in [0.15, 0.2) is 30.3 Å². The predicted octanol–water partition coefficient (Wildman–Crippen LogP) is 3.31. The zero-order valence-corrected chi connectivity index (χ0v) is 16.8. The van der Waals surface area contributed by atoms with Crippen LogP contribution < -0.4 is 19.3 Å². The van der Waals surface area contributed by atoms with Gasteiger partial charge in [-0.25, -0.2) is 8.78 Å². The topological polar surface area (TPSA) is 59.1 Å². The molecule has 2 amide bonds. The van der Waals surface area contributed by atoms with Gasteiger partial charge in [0.2, 0.25) is 11.8 Å². The van der Waals surface area contributed by atoms with Crippen LogP contribution in [0.2, 0.25) is 0 Å². The monoisotopic (exact) mass is 416 g/mol. The van der Waals surface area contributed by atoms with Crippen molar-refractivity contribution in [2.75, 3.05) is 37.1 Å². The van der Waals surface area contributed by atoms with E-state index in [0.29, 0.717) is 42.1 Å². The molecule has 30 heavy (non-hydrogen) atoms. The number of ether oxygens (including phenoxy) is 2. The van der Waals surface area contributed by atoms with Gasteiger partial charge in [0.15, 0.2) is 0 Å². The molecule has 158 valence electrons. The maximum Gasteiger partial charge on any atom is 0.232 e. The lowest BCUT2D eigenvalue weighted by molar-refractivity contribution is -0.124. The number of amides is 2. The molecule has 2 aliphatic heterocycles. The number of rotatable bonds is 4. The number of fused-ring (bicyclic) bond motifs is 1. The highest BCUT2D eigenvalue weighted by atomic mass is 19.1. The molecule has 4 rings (SSSR count). The van der Waals surface area contributed by atoms with Crippen LogP contribution in [-0.2, 0) is 16.0 Å². The van der Waals surface area contributed by atoms with E-state index in [4.69, 9.17) is 9.47 Å². The summed E-state index contributed by atoms with van der Waals surface area (Å²) in [5, 5.41) is 0. The fraction of sp³-hybridized carbons (Fsp3) is 0.364. The molecule has 0 aliphatic carbocycles. The molecule has 1 atom stereocenters. The number of anilines is 2.